The molecule has 1 unspecified atom stereocenters. The fourth-order valence-corrected chi connectivity index (χ4v) is 3.19. The summed E-state index contributed by atoms with van der Waals surface area (Å²) in [4.78, 5) is 9.66. The molecule has 0 bridgehead atoms. The molecule has 1 aromatic heterocycles. The van der Waals surface area contributed by atoms with Crippen molar-refractivity contribution in [3.8, 4) is 11.5 Å². The number of benzene rings is 1. The van der Waals surface area contributed by atoms with Gasteiger partial charge in [0, 0.05) is 43.7 Å². The summed E-state index contributed by atoms with van der Waals surface area (Å²) in [6.07, 6.45) is 6.14. The molecule has 0 spiro atoms. The number of nitrogens with one attached hydrogen (secondary N) is 1. The number of hydrogen-bond acceptors (Lipinski definition) is 5. The molecule has 1 saturated heterocycles. The van der Waals surface area contributed by atoms with Crippen molar-refractivity contribution in [3.63, 3.8) is 0 Å². The van der Waals surface area contributed by atoms with E-state index < -0.39 is 0 Å². The van der Waals surface area contributed by atoms with Crippen molar-refractivity contribution in [2.24, 2.45) is 0 Å². The van der Waals surface area contributed by atoms with Gasteiger partial charge in [-0.1, -0.05) is 12.1 Å². The molecule has 0 aliphatic carbocycles. The number of nitrogens with zero attached hydrogens (tertiary/aromatic N) is 2. The van der Waals surface area contributed by atoms with Crippen molar-refractivity contribution in [2.75, 3.05) is 27.4 Å². The van der Waals surface area contributed by atoms with Crippen molar-refractivity contribution in [3.05, 3.63) is 42.0 Å². The number of aromatic amines is 1. The molecule has 2 heterocycles. The monoisotopic (exact) mass is 331 g/mol. The Labute approximate surface area is 142 Å². The average Bonchev–Trinajstić information content (AvgIpc) is 3.28. The molecular weight excluding hydrogens is 306 g/mol. The number of H-pyrrole nitrogens is 1. The number of ether oxygens (including phenoxy) is 3. The van der Waals surface area contributed by atoms with Crippen LogP contribution in [0.5, 0.6) is 11.5 Å². The third-order valence-electron chi connectivity index (χ3n) is 4.31. The van der Waals surface area contributed by atoms with Gasteiger partial charge in [0.25, 0.3) is 0 Å². The quantitative estimate of drug-likeness (QED) is 0.806. The molecular formula is C18H25N3O3. The average molecular weight is 331 g/mol. The Morgan fingerprint density at radius 3 is 2.88 bits per heavy atom. The second-order valence-corrected chi connectivity index (χ2v) is 6.03. The molecule has 0 amide bonds. The summed E-state index contributed by atoms with van der Waals surface area (Å²) in [7, 11) is 3.34. The first kappa shape index (κ1) is 16.8. The smallest absolute Gasteiger partial charge is 0.165 e. The number of rotatable bonds is 8. The third-order valence-corrected chi connectivity index (χ3v) is 4.31. The van der Waals surface area contributed by atoms with E-state index in [0.29, 0.717) is 6.10 Å². The van der Waals surface area contributed by atoms with Crippen LogP contribution in [0.3, 0.4) is 0 Å². The zero-order chi connectivity index (χ0) is 16.8. The van der Waals surface area contributed by atoms with E-state index in [0.717, 1.165) is 61.8 Å². The highest BCUT2D eigenvalue weighted by atomic mass is 16.5. The normalized spacial score (nSPS) is 17.4. The molecule has 6 nitrogen and oxygen atoms in total. The van der Waals surface area contributed by atoms with Crippen molar-refractivity contribution < 1.29 is 14.2 Å². The molecule has 1 aliphatic rings. The van der Waals surface area contributed by atoms with E-state index in [2.05, 4.69) is 20.9 Å². The van der Waals surface area contributed by atoms with Crippen LogP contribution >= 0.6 is 0 Å². The zero-order valence-electron chi connectivity index (χ0n) is 14.3. The maximum atomic E-state index is 5.82. The number of methoxy groups -OCH3 is 2. The van der Waals surface area contributed by atoms with Crippen LogP contribution in [0, 0.1) is 0 Å². The summed E-state index contributed by atoms with van der Waals surface area (Å²) >= 11 is 0. The molecule has 0 radical (unpaired) electrons. The fourth-order valence-electron chi connectivity index (χ4n) is 3.19. The second-order valence-electron chi connectivity index (χ2n) is 6.03. The highest BCUT2D eigenvalue weighted by molar-refractivity contribution is 5.46. The predicted octanol–water partition coefficient (Wildman–Crippen LogP) is 2.61. The van der Waals surface area contributed by atoms with Crippen LogP contribution in [-0.4, -0.2) is 48.3 Å². The lowest BCUT2D eigenvalue weighted by Crippen LogP contribution is -2.31. The number of hydrogen-bond donors (Lipinski definition) is 1. The molecule has 1 aliphatic heterocycles. The van der Waals surface area contributed by atoms with Gasteiger partial charge in [-0.15, -0.1) is 0 Å². The Kier molecular flexibility index (Phi) is 5.72. The topological polar surface area (TPSA) is 59.6 Å². The molecule has 1 aromatic carbocycles. The summed E-state index contributed by atoms with van der Waals surface area (Å²) < 4.78 is 16.8. The lowest BCUT2D eigenvalue weighted by molar-refractivity contribution is 0.0672. The van der Waals surface area contributed by atoms with Gasteiger partial charge >= 0.3 is 0 Å². The van der Waals surface area contributed by atoms with Crippen LogP contribution < -0.4 is 9.47 Å². The Balaban J connectivity index is 1.77. The van der Waals surface area contributed by atoms with Gasteiger partial charge in [0.05, 0.1) is 26.7 Å². The highest BCUT2D eigenvalue weighted by Crippen LogP contribution is 2.32. The fraction of sp³-hybridized carbons (Fsp3) is 0.500. The first-order chi connectivity index (χ1) is 11.8. The third kappa shape index (κ3) is 4.07. The minimum absolute atomic E-state index is 0.296. The van der Waals surface area contributed by atoms with Crippen molar-refractivity contribution in [1.82, 2.24) is 14.9 Å². The van der Waals surface area contributed by atoms with Crippen LogP contribution in [0.4, 0.5) is 0 Å². The van der Waals surface area contributed by atoms with E-state index in [-0.39, 0.29) is 0 Å². The molecule has 24 heavy (non-hydrogen) atoms. The largest absolute Gasteiger partial charge is 0.493 e. The maximum absolute atomic E-state index is 5.82. The molecule has 130 valence electrons. The van der Waals surface area contributed by atoms with E-state index in [4.69, 9.17) is 14.2 Å². The minimum Gasteiger partial charge on any atom is -0.493 e. The van der Waals surface area contributed by atoms with E-state index in [1.54, 1.807) is 20.5 Å². The van der Waals surface area contributed by atoms with Crippen molar-refractivity contribution >= 4 is 0 Å². The van der Waals surface area contributed by atoms with Gasteiger partial charge in [0.15, 0.2) is 11.5 Å². The standard InChI is InChI=1S/C18H25N3O3/c1-22-17-7-3-5-14(18(17)23-2)10-21(11-15-9-19-13-20-15)12-16-6-4-8-24-16/h3,5,7,9,13,16H,4,6,8,10-12H2,1-2H3,(H,19,20). The SMILES string of the molecule is COc1cccc(CN(Cc2cnc[nH]2)CC2CCCO2)c1OC. The van der Waals surface area contributed by atoms with Gasteiger partial charge in [-0.05, 0) is 18.9 Å². The van der Waals surface area contributed by atoms with Crippen LogP contribution in [0.1, 0.15) is 24.1 Å². The zero-order valence-corrected chi connectivity index (χ0v) is 14.3. The minimum atomic E-state index is 0.296. The lowest BCUT2D eigenvalue weighted by atomic mass is 10.1. The van der Waals surface area contributed by atoms with E-state index in [9.17, 15) is 0 Å². The Morgan fingerprint density at radius 2 is 2.21 bits per heavy atom. The van der Waals surface area contributed by atoms with Crippen LogP contribution in [0.15, 0.2) is 30.7 Å². The molecule has 1 fully saturated rings. The van der Waals surface area contributed by atoms with Crippen molar-refractivity contribution in [2.45, 2.75) is 32.0 Å². The Bertz CT molecular complexity index is 624. The van der Waals surface area contributed by atoms with E-state index in [1.807, 2.05) is 18.3 Å². The molecule has 6 heteroatoms. The summed E-state index contributed by atoms with van der Waals surface area (Å²) in [5.74, 6) is 1.55. The molecule has 3 rings (SSSR count). The summed E-state index contributed by atoms with van der Waals surface area (Å²) in [5, 5.41) is 0. The number of para-hydroxylation sites is 1. The summed E-state index contributed by atoms with van der Waals surface area (Å²) in [5.41, 5.74) is 2.20. The van der Waals surface area contributed by atoms with Gasteiger partial charge in [0.2, 0.25) is 0 Å². The van der Waals surface area contributed by atoms with Gasteiger partial charge in [0.1, 0.15) is 0 Å². The van der Waals surface area contributed by atoms with Crippen molar-refractivity contribution in [1.29, 1.82) is 0 Å². The number of aromatic nitrogens is 2. The van der Waals surface area contributed by atoms with Gasteiger partial charge in [-0.2, -0.15) is 0 Å². The van der Waals surface area contributed by atoms with Gasteiger partial charge in [-0.25, -0.2) is 4.98 Å². The Morgan fingerprint density at radius 1 is 1.29 bits per heavy atom. The van der Waals surface area contributed by atoms with Gasteiger partial charge < -0.3 is 19.2 Å². The van der Waals surface area contributed by atoms with E-state index >= 15 is 0 Å². The van der Waals surface area contributed by atoms with E-state index in [1.165, 1.54) is 0 Å². The first-order valence-electron chi connectivity index (χ1n) is 8.31. The first-order valence-corrected chi connectivity index (χ1v) is 8.31. The maximum Gasteiger partial charge on any atom is 0.165 e. The Hall–Kier alpha value is -2.05. The highest BCUT2D eigenvalue weighted by Gasteiger charge is 2.21. The lowest BCUT2D eigenvalue weighted by Gasteiger charge is -2.25. The van der Waals surface area contributed by atoms with Gasteiger partial charge in [-0.3, -0.25) is 4.90 Å². The molecule has 1 N–H and O–H groups in total. The molecule has 0 saturated carbocycles. The molecule has 1 atom stereocenters. The molecule has 2 aromatic rings. The van der Waals surface area contributed by atoms with Crippen LogP contribution in [0.25, 0.3) is 0 Å². The predicted molar refractivity (Wildman–Crippen MR) is 91.2 cm³/mol. The summed E-state index contributed by atoms with van der Waals surface area (Å²) in [6, 6.07) is 6.00. The summed E-state index contributed by atoms with van der Waals surface area (Å²) in [6.45, 7) is 3.31. The van der Waals surface area contributed by atoms with Crippen LogP contribution in [-0.2, 0) is 17.8 Å². The van der Waals surface area contributed by atoms with Crippen LogP contribution in [0.2, 0.25) is 0 Å². The second kappa shape index (κ2) is 8.17. The number of imidazole rings is 1.